The average Bonchev–Trinajstić information content (AvgIpc) is 2.45. The van der Waals surface area contributed by atoms with E-state index in [1.165, 1.54) is 11.8 Å². The van der Waals surface area contributed by atoms with Crippen LogP contribution in [0.4, 0.5) is 0 Å². The number of amides is 1. The maximum absolute atomic E-state index is 11.8. The predicted molar refractivity (Wildman–Crippen MR) is 86.3 cm³/mol. The Morgan fingerprint density at radius 1 is 1.35 bits per heavy atom. The van der Waals surface area contributed by atoms with E-state index < -0.39 is 0 Å². The number of hydrogen-bond donors (Lipinski definition) is 2. The fourth-order valence-corrected chi connectivity index (χ4v) is 3.16. The van der Waals surface area contributed by atoms with Gasteiger partial charge in [0, 0.05) is 27.9 Å². The number of rotatable bonds is 5. The van der Waals surface area contributed by atoms with Crippen LogP contribution >= 0.6 is 23.4 Å². The number of nitrogens with one attached hydrogen (secondary N) is 1. The van der Waals surface area contributed by atoms with Crippen molar-refractivity contribution in [3.63, 3.8) is 0 Å². The maximum atomic E-state index is 11.8. The van der Waals surface area contributed by atoms with Gasteiger partial charge in [-0.2, -0.15) is 0 Å². The second-order valence-corrected chi connectivity index (χ2v) is 6.01. The van der Waals surface area contributed by atoms with Gasteiger partial charge in [-0.25, -0.2) is 0 Å². The number of benzene rings is 2. The van der Waals surface area contributed by atoms with Crippen LogP contribution in [0.1, 0.15) is 6.92 Å². The third-order valence-corrected chi connectivity index (χ3v) is 4.31. The SMILES string of the molecule is C[C@@H](CN)NC(=O)CSc1cccc2cccc(Cl)c12. The van der Waals surface area contributed by atoms with E-state index in [-0.39, 0.29) is 11.9 Å². The topological polar surface area (TPSA) is 55.1 Å². The molecule has 0 saturated carbocycles. The molecule has 2 rings (SSSR count). The van der Waals surface area contributed by atoms with Crippen molar-refractivity contribution in [1.29, 1.82) is 0 Å². The molecular formula is C15H17ClN2OS. The van der Waals surface area contributed by atoms with Gasteiger partial charge in [-0.05, 0) is 24.4 Å². The van der Waals surface area contributed by atoms with Gasteiger partial charge in [0.15, 0.2) is 0 Å². The van der Waals surface area contributed by atoms with Crippen LogP contribution in [0.15, 0.2) is 41.3 Å². The van der Waals surface area contributed by atoms with Gasteiger partial charge < -0.3 is 11.1 Å². The quantitative estimate of drug-likeness (QED) is 0.835. The van der Waals surface area contributed by atoms with E-state index in [1.807, 2.05) is 43.3 Å². The van der Waals surface area contributed by atoms with Gasteiger partial charge in [0.25, 0.3) is 0 Å². The molecule has 2 aromatic carbocycles. The highest BCUT2D eigenvalue weighted by atomic mass is 35.5. The summed E-state index contributed by atoms with van der Waals surface area (Å²) in [6.07, 6.45) is 0. The lowest BCUT2D eigenvalue weighted by Gasteiger charge is -2.12. The van der Waals surface area contributed by atoms with Crippen LogP contribution < -0.4 is 11.1 Å². The van der Waals surface area contributed by atoms with Gasteiger partial charge in [0.05, 0.1) is 5.75 Å². The molecule has 1 amide bonds. The summed E-state index contributed by atoms with van der Waals surface area (Å²) in [5.74, 6) is 0.339. The van der Waals surface area contributed by atoms with E-state index in [1.54, 1.807) is 0 Å². The first-order valence-corrected chi connectivity index (χ1v) is 7.77. The molecule has 3 nitrogen and oxygen atoms in total. The molecule has 2 aromatic rings. The summed E-state index contributed by atoms with van der Waals surface area (Å²) in [4.78, 5) is 12.8. The molecule has 0 saturated heterocycles. The smallest absolute Gasteiger partial charge is 0.230 e. The van der Waals surface area contributed by atoms with Crippen LogP contribution in [-0.4, -0.2) is 24.2 Å². The largest absolute Gasteiger partial charge is 0.352 e. The minimum Gasteiger partial charge on any atom is -0.352 e. The highest BCUT2D eigenvalue weighted by Gasteiger charge is 2.09. The fourth-order valence-electron chi connectivity index (χ4n) is 1.90. The van der Waals surface area contributed by atoms with Gasteiger partial charge in [-0.1, -0.05) is 35.9 Å². The molecule has 0 aliphatic carbocycles. The Morgan fingerprint density at radius 2 is 2.05 bits per heavy atom. The summed E-state index contributed by atoms with van der Waals surface area (Å²) in [6, 6.07) is 11.8. The molecule has 3 N–H and O–H groups in total. The zero-order valence-corrected chi connectivity index (χ0v) is 12.8. The van der Waals surface area contributed by atoms with Crippen molar-refractivity contribution in [2.24, 2.45) is 5.73 Å². The molecule has 0 aliphatic rings. The average molecular weight is 309 g/mol. The highest BCUT2D eigenvalue weighted by Crippen LogP contribution is 2.32. The van der Waals surface area contributed by atoms with Gasteiger partial charge >= 0.3 is 0 Å². The zero-order valence-electron chi connectivity index (χ0n) is 11.2. The molecule has 5 heteroatoms. The lowest BCUT2D eigenvalue weighted by molar-refractivity contribution is -0.119. The number of fused-ring (bicyclic) bond motifs is 1. The van der Waals surface area contributed by atoms with Crippen LogP contribution in [0.3, 0.4) is 0 Å². The summed E-state index contributed by atoms with van der Waals surface area (Å²) in [5.41, 5.74) is 5.48. The Kier molecular flexibility index (Phi) is 5.29. The molecule has 20 heavy (non-hydrogen) atoms. The van der Waals surface area contributed by atoms with Crippen molar-refractivity contribution in [2.45, 2.75) is 17.9 Å². The normalized spacial score (nSPS) is 12.3. The minimum atomic E-state index is -0.0167. The fraction of sp³-hybridized carbons (Fsp3) is 0.267. The van der Waals surface area contributed by atoms with Gasteiger partial charge in [-0.15, -0.1) is 11.8 Å². The first-order chi connectivity index (χ1) is 9.61. The Hall–Kier alpha value is -1.23. The Bertz CT molecular complexity index is 613. The molecule has 106 valence electrons. The van der Waals surface area contributed by atoms with E-state index in [0.717, 1.165) is 15.7 Å². The molecule has 0 heterocycles. The van der Waals surface area contributed by atoms with Crippen LogP contribution in [-0.2, 0) is 4.79 Å². The molecule has 0 unspecified atom stereocenters. The van der Waals surface area contributed by atoms with Crippen molar-refractivity contribution in [3.8, 4) is 0 Å². The molecule has 0 aromatic heterocycles. The minimum absolute atomic E-state index is 0.000736. The number of carbonyl (C=O) groups is 1. The first kappa shape index (κ1) is 15.2. The molecule has 0 radical (unpaired) electrons. The number of thioether (sulfide) groups is 1. The van der Waals surface area contributed by atoms with Crippen molar-refractivity contribution in [1.82, 2.24) is 5.32 Å². The van der Waals surface area contributed by atoms with Crippen molar-refractivity contribution < 1.29 is 4.79 Å². The van der Waals surface area contributed by atoms with Crippen LogP contribution in [0.25, 0.3) is 10.8 Å². The summed E-state index contributed by atoms with van der Waals surface area (Å²) in [6.45, 7) is 2.33. The maximum Gasteiger partial charge on any atom is 0.230 e. The number of halogens is 1. The van der Waals surface area contributed by atoms with Gasteiger partial charge in [0.2, 0.25) is 5.91 Å². The van der Waals surface area contributed by atoms with Crippen LogP contribution in [0.2, 0.25) is 5.02 Å². The Balaban J connectivity index is 2.12. The van der Waals surface area contributed by atoms with Crippen molar-refractivity contribution in [2.75, 3.05) is 12.3 Å². The van der Waals surface area contributed by atoms with E-state index in [9.17, 15) is 4.79 Å². The summed E-state index contributed by atoms with van der Waals surface area (Å²) >= 11 is 7.74. The molecule has 0 aliphatic heterocycles. The third-order valence-electron chi connectivity index (χ3n) is 2.94. The molecule has 1 atom stereocenters. The molecule has 0 spiro atoms. The summed E-state index contributed by atoms with van der Waals surface area (Å²) in [5, 5.41) is 5.64. The predicted octanol–water partition coefficient (Wildman–Crippen LogP) is 3.05. The first-order valence-electron chi connectivity index (χ1n) is 6.41. The summed E-state index contributed by atoms with van der Waals surface area (Å²) < 4.78 is 0. The van der Waals surface area contributed by atoms with Crippen LogP contribution in [0.5, 0.6) is 0 Å². The van der Waals surface area contributed by atoms with Gasteiger partial charge in [0.1, 0.15) is 0 Å². The lowest BCUT2D eigenvalue weighted by atomic mass is 10.1. The lowest BCUT2D eigenvalue weighted by Crippen LogP contribution is -2.38. The third kappa shape index (κ3) is 3.66. The zero-order chi connectivity index (χ0) is 14.5. The monoisotopic (exact) mass is 308 g/mol. The van der Waals surface area contributed by atoms with E-state index in [4.69, 9.17) is 17.3 Å². The van der Waals surface area contributed by atoms with Crippen molar-refractivity contribution >= 4 is 40.0 Å². The molecule has 0 bridgehead atoms. The second kappa shape index (κ2) is 6.97. The Labute approximate surface area is 127 Å². The molecular weight excluding hydrogens is 292 g/mol. The Morgan fingerprint density at radius 3 is 2.75 bits per heavy atom. The number of hydrogen-bond acceptors (Lipinski definition) is 3. The van der Waals surface area contributed by atoms with Crippen molar-refractivity contribution in [3.05, 3.63) is 41.4 Å². The van der Waals surface area contributed by atoms with E-state index in [0.29, 0.717) is 17.3 Å². The highest BCUT2D eigenvalue weighted by molar-refractivity contribution is 8.00. The number of nitrogens with two attached hydrogens (primary N) is 1. The van der Waals surface area contributed by atoms with Gasteiger partial charge in [-0.3, -0.25) is 4.79 Å². The molecule has 0 fully saturated rings. The standard InChI is InChI=1S/C15H17ClN2OS/c1-10(8-17)18-14(19)9-20-13-7-3-5-11-4-2-6-12(16)15(11)13/h2-7,10H,8-9,17H2,1H3,(H,18,19)/t10-/m0/s1. The van der Waals surface area contributed by atoms with Crippen LogP contribution in [0, 0.1) is 0 Å². The second-order valence-electron chi connectivity index (χ2n) is 4.59. The number of carbonyl (C=O) groups excluding carboxylic acids is 1. The summed E-state index contributed by atoms with van der Waals surface area (Å²) in [7, 11) is 0. The van der Waals surface area contributed by atoms with E-state index in [2.05, 4.69) is 5.32 Å². The van der Waals surface area contributed by atoms with E-state index >= 15 is 0 Å².